The highest BCUT2D eigenvalue weighted by Gasteiger charge is 2.06. The number of hydrogen-bond acceptors (Lipinski definition) is 3. The lowest BCUT2D eigenvalue weighted by molar-refractivity contribution is 0.423. The number of hydrogen-bond donors (Lipinski definition) is 1. The van der Waals surface area contributed by atoms with Gasteiger partial charge in [-0.25, -0.2) is 4.39 Å². The molecular weight excluding hydrogens is 281 g/mol. The van der Waals surface area contributed by atoms with Crippen molar-refractivity contribution in [3.8, 4) is 0 Å². The van der Waals surface area contributed by atoms with E-state index in [2.05, 4.69) is 22.4 Å². The van der Waals surface area contributed by atoms with Gasteiger partial charge in [-0.05, 0) is 13.3 Å². The number of alkyl halides is 1. The van der Waals surface area contributed by atoms with Gasteiger partial charge in [-0.1, -0.05) is 6.92 Å². The summed E-state index contributed by atoms with van der Waals surface area (Å²) in [5.41, 5.74) is 3.03. The van der Waals surface area contributed by atoms with Crippen LogP contribution in [0.5, 0.6) is 0 Å². The second-order valence-electron chi connectivity index (χ2n) is 4.52. The number of nitrogens with one attached hydrogen (secondary N) is 1. The molecule has 0 fully saturated rings. The molecule has 1 N–H and O–H groups in total. The minimum atomic E-state index is -0.397. The second-order valence-corrected chi connectivity index (χ2v) is 4.52. The molecule has 0 bridgehead atoms. The number of aryl methyl sites for hydroxylation is 2. The molecule has 5 nitrogen and oxygen atoms in total. The molecule has 0 amide bonds. The van der Waals surface area contributed by atoms with Gasteiger partial charge in [-0.3, -0.25) is 9.36 Å². The number of halogens is 2. The Bertz CT molecular complexity index is 523. The van der Waals surface area contributed by atoms with Crippen LogP contribution in [0.4, 0.5) is 10.1 Å². The van der Waals surface area contributed by atoms with Crippen molar-refractivity contribution < 1.29 is 4.39 Å². The van der Waals surface area contributed by atoms with Crippen LogP contribution in [0.2, 0.25) is 0 Å². The third-order valence-electron chi connectivity index (χ3n) is 3.02. The zero-order chi connectivity index (χ0) is 13.7. The minimum Gasteiger partial charge on any atom is -0.378 e. The number of aromatic nitrogens is 4. The molecule has 0 atom stereocenters. The van der Waals surface area contributed by atoms with E-state index in [1.165, 1.54) is 0 Å². The molecule has 0 aromatic carbocycles. The molecule has 2 heterocycles. The van der Waals surface area contributed by atoms with Crippen molar-refractivity contribution in [2.24, 2.45) is 0 Å². The van der Waals surface area contributed by atoms with Crippen LogP contribution in [-0.2, 0) is 19.6 Å². The Morgan fingerprint density at radius 2 is 2.05 bits per heavy atom. The van der Waals surface area contributed by atoms with E-state index in [0.29, 0.717) is 13.1 Å². The standard InChI is InChI=1S/C13H20FN5.ClH/c1-3-5-18-10-12(8-16-18)7-15-13-9-17-19(6-4-14)11(13)2;/h8-10,15H,3-7H2,1-2H3;1H. The van der Waals surface area contributed by atoms with Crippen LogP contribution in [0.15, 0.2) is 18.6 Å². The Morgan fingerprint density at radius 1 is 1.25 bits per heavy atom. The lowest BCUT2D eigenvalue weighted by Gasteiger charge is -2.05. The highest BCUT2D eigenvalue weighted by Crippen LogP contribution is 2.14. The maximum atomic E-state index is 12.3. The number of anilines is 1. The van der Waals surface area contributed by atoms with E-state index >= 15 is 0 Å². The van der Waals surface area contributed by atoms with Gasteiger partial charge in [0, 0.05) is 24.8 Å². The van der Waals surface area contributed by atoms with Crippen LogP contribution in [0.3, 0.4) is 0 Å². The Morgan fingerprint density at radius 3 is 2.75 bits per heavy atom. The number of rotatable bonds is 7. The molecule has 0 aliphatic rings. The van der Waals surface area contributed by atoms with Gasteiger partial charge in [0.2, 0.25) is 0 Å². The Labute approximate surface area is 124 Å². The van der Waals surface area contributed by atoms with E-state index in [-0.39, 0.29) is 12.4 Å². The maximum Gasteiger partial charge on any atom is 0.109 e. The van der Waals surface area contributed by atoms with Crippen LogP contribution < -0.4 is 5.32 Å². The van der Waals surface area contributed by atoms with E-state index in [1.807, 2.05) is 24.0 Å². The fraction of sp³-hybridized carbons (Fsp3) is 0.538. The number of nitrogens with zero attached hydrogens (tertiary/aromatic N) is 4. The van der Waals surface area contributed by atoms with E-state index in [1.54, 1.807) is 10.9 Å². The fourth-order valence-electron chi connectivity index (χ4n) is 1.97. The fourth-order valence-corrected chi connectivity index (χ4v) is 1.97. The summed E-state index contributed by atoms with van der Waals surface area (Å²) in [4.78, 5) is 0. The minimum absolute atomic E-state index is 0. The molecule has 112 valence electrons. The molecule has 0 aliphatic heterocycles. The van der Waals surface area contributed by atoms with E-state index in [4.69, 9.17) is 0 Å². The van der Waals surface area contributed by atoms with E-state index in [9.17, 15) is 4.39 Å². The van der Waals surface area contributed by atoms with Gasteiger partial charge in [0.1, 0.15) is 6.67 Å². The summed E-state index contributed by atoms with van der Waals surface area (Å²) in [7, 11) is 0. The molecule has 0 spiro atoms. The predicted octanol–water partition coefficient (Wildman–Crippen LogP) is 2.80. The molecule has 2 aromatic rings. The SMILES string of the molecule is CCCn1cc(CNc2cnn(CCF)c2C)cn1.Cl. The van der Waals surface area contributed by atoms with Gasteiger partial charge in [0.15, 0.2) is 0 Å². The quantitative estimate of drug-likeness (QED) is 0.855. The van der Waals surface area contributed by atoms with Crippen LogP contribution in [0.1, 0.15) is 24.6 Å². The molecule has 20 heavy (non-hydrogen) atoms. The van der Waals surface area contributed by atoms with Gasteiger partial charge in [-0.15, -0.1) is 12.4 Å². The normalized spacial score (nSPS) is 10.3. The lowest BCUT2D eigenvalue weighted by atomic mass is 10.3. The summed E-state index contributed by atoms with van der Waals surface area (Å²) in [5.74, 6) is 0. The average molecular weight is 302 g/mol. The summed E-state index contributed by atoms with van der Waals surface area (Å²) in [6.07, 6.45) is 6.72. The monoisotopic (exact) mass is 301 g/mol. The van der Waals surface area contributed by atoms with Crippen LogP contribution in [-0.4, -0.2) is 26.2 Å². The second kappa shape index (κ2) is 7.89. The molecule has 0 saturated carbocycles. The zero-order valence-electron chi connectivity index (χ0n) is 11.8. The van der Waals surface area contributed by atoms with Crippen molar-refractivity contribution in [1.82, 2.24) is 19.6 Å². The molecule has 0 saturated heterocycles. The lowest BCUT2D eigenvalue weighted by Crippen LogP contribution is -2.05. The zero-order valence-corrected chi connectivity index (χ0v) is 12.7. The summed E-state index contributed by atoms with van der Waals surface area (Å²) >= 11 is 0. The summed E-state index contributed by atoms with van der Waals surface area (Å²) in [6, 6.07) is 0. The first-order chi connectivity index (χ1) is 9.24. The molecule has 2 rings (SSSR count). The van der Waals surface area contributed by atoms with Gasteiger partial charge in [0.25, 0.3) is 0 Å². The molecule has 2 aromatic heterocycles. The molecular formula is C13H21ClFN5. The first-order valence-corrected chi connectivity index (χ1v) is 6.58. The van der Waals surface area contributed by atoms with E-state index in [0.717, 1.165) is 29.9 Å². The molecule has 7 heteroatoms. The van der Waals surface area contributed by atoms with Crippen molar-refractivity contribution in [3.63, 3.8) is 0 Å². The average Bonchev–Trinajstić information content (AvgIpc) is 2.97. The highest BCUT2D eigenvalue weighted by molar-refractivity contribution is 5.85. The summed E-state index contributed by atoms with van der Waals surface area (Å²) in [5, 5.41) is 11.7. The first kappa shape index (κ1) is 16.5. The van der Waals surface area contributed by atoms with Gasteiger partial charge in [0.05, 0.1) is 30.3 Å². The van der Waals surface area contributed by atoms with Crippen molar-refractivity contribution in [2.45, 2.75) is 39.9 Å². The van der Waals surface area contributed by atoms with Crippen molar-refractivity contribution in [1.29, 1.82) is 0 Å². The molecule has 0 radical (unpaired) electrons. The third kappa shape index (κ3) is 3.96. The predicted molar refractivity (Wildman–Crippen MR) is 80.0 cm³/mol. The van der Waals surface area contributed by atoms with Crippen molar-refractivity contribution >= 4 is 18.1 Å². The van der Waals surface area contributed by atoms with Crippen LogP contribution in [0.25, 0.3) is 0 Å². The van der Waals surface area contributed by atoms with Gasteiger partial charge in [-0.2, -0.15) is 10.2 Å². The largest absolute Gasteiger partial charge is 0.378 e. The summed E-state index contributed by atoms with van der Waals surface area (Å²) < 4.78 is 15.9. The summed E-state index contributed by atoms with van der Waals surface area (Å²) in [6.45, 7) is 5.61. The van der Waals surface area contributed by atoms with Crippen LogP contribution in [0, 0.1) is 6.92 Å². The topological polar surface area (TPSA) is 47.7 Å². The van der Waals surface area contributed by atoms with Crippen molar-refractivity contribution in [2.75, 3.05) is 12.0 Å². The molecule has 0 unspecified atom stereocenters. The Balaban J connectivity index is 0.00000200. The third-order valence-corrected chi connectivity index (χ3v) is 3.02. The van der Waals surface area contributed by atoms with Gasteiger partial charge >= 0.3 is 0 Å². The first-order valence-electron chi connectivity index (χ1n) is 6.58. The van der Waals surface area contributed by atoms with Crippen molar-refractivity contribution in [3.05, 3.63) is 29.8 Å². The molecule has 0 aliphatic carbocycles. The van der Waals surface area contributed by atoms with Gasteiger partial charge < -0.3 is 5.32 Å². The maximum absolute atomic E-state index is 12.3. The Hall–Kier alpha value is -1.56. The van der Waals surface area contributed by atoms with E-state index < -0.39 is 6.67 Å². The highest BCUT2D eigenvalue weighted by atomic mass is 35.5. The van der Waals surface area contributed by atoms with Crippen LogP contribution >= 0.6 is 12.4 Å². The smallest absolute Gasteiger partial charge is 0.109 e. The Kier molecular flexibility index (Phi) is 6.51.